The maximum Gasteiger partial charge on any atom is 0.135 e. The second-order valence-electron chi connectivity index (χ2n) is 5.26. The average Bonchev–Trinajstić information content (AvgIpc) is 2.78. The first-order valence-corrected chi connectivity index (χ1v) is 6.17. The summed E-state index contributed by atoms with van der Waals surface area (Å²) in [4.78, 5) is 13.9. The molecule has 15 heavy (non-hydrogen) atoms. The number of piperidine rings is 1. The Balaban J connectivity index is 1.69. The molecule has 3 rings (SSSR count). The molecule has 3 heteroatoms. The van der Waals surface area contributed by atoms with Gasteiger partial charge >= 0.3 is 0 Å². The van der Waals surface area contributed by atoms with Gasteiger partial charge in [-0.3, -0.25) is 9.69 Å². The van der Waals surface area contributed by atoms with Crippen LogP contribution in [0.2, 0.25) is 0 Å². The van der Waals surface area contributed by atoms with Crippen LogP contribution in [-0.2, 0) is 9.53 Å². The lowest BCUT2D eigenvalue weighted by molar-refractivity contribution is -0.124. The Kier molecular flexibility index (Phi) is 2.33. The number of carbonyl (C=O) groups is 1. The van der Waals surface area contributed by atoms with Gasteiger partial charge in [-0.15, -0.1) is 0 Å². The van der Waals surface area contributed by atoms with Gasteiger partial charge in [0.15, 0.2) is 0 Å². The zero-order valence-corrected chi connectivity index (χ0v) is 9.32. The second kappa shape index (κ2) is 3.56. The van der Waals surface area contributed by atoms with Crippen LogP contribution in [0.1, 0.15) is 39.0 Å². The van der Waals surface area contributed by atoms with Gasteiger partial charge in [0.05, 0.1) is 12.2 Å². The summed E-state index contributed by atoms with van der Waals surface area (Å²) in [5.41, 5.74) is 0. The van der Waals surface area contributed by atoms with Gasteiger partial charge in [0, 0.05) is 31.5 Å². The van der Waals surface area contributed by atoms with Crippen molar-refractivity contribution in [2.24, 2.45) is 0 Å². The molecule has 3 heterocycles. The number of likely N-dealkylation sites (tertiary alicyclic amines) is 1. The van der Waals surface area contributed by atoms with E-state index in [-0.39, 0.29) is 0 Å². The highest BCUT2D eigenvalue weighted by Gasteiger charge is 2.45. The zero-order valence-electron chi connectivity index (χ0n) is 9.32. The smallest absolute Gasteiger partial charge is 0.135 e. The van der Waals surface area contributed by atoms with Crippen molar-refractivity contribution in [1.29, 1.82) is 0 Å². The summed E-state index contributed by atoms with van der Waals surface area (Å²) >= 11 is 0. The minimum Gasteiger partial charge on any atom is -0.373 e. The quantitative estimate of drug-likeness (QED) is 0.653. The molecule has 0 spiro atoms. The van der Waals surface area contributed by atoms with Crippen molar-refractivity contribution in [3.8, 4) is 0 Å². The van der Waals surface area contributed by atoms with Crippen LogP contribution in [0.5, 0.6) is 0 Å². The lowest BCUT2D eigenvalue weighted by Crippen LogP contribution is -2.50. The molecule has 3 saturated heterocycles. The highest BCUT2D eigenvalue weighted by molar-refractivity contribution is 5.79. The number of ether oxygens (including phenoxy) is 1. The Morgan fingerprint density at radius 3 is 2.87 bits per heavy atom. The summed E-state index contributed by atoms with van der Waals surface area (Å²) in [5.74, 6) is 0.433. The fraction of sp³-hybridized carbons (Fsp3) is 0.917. The summed E-state index contributed by atoms with van der Waals surface area (Å²) in [6.07, 6.45) is 6.15. The topological polar surface area (TPSA) is 29.5 Å². The molecule has 0 N–H and O–H groups in total. The molecule has 0 radical (unpaired) electrons. The van der Waals surface area contributed by atoms with Crippen molar-refractivity contribution < 1.29 is 9.53 Å². The van der Waals surface area contributed by atoms with Crippen molar-refractivity contribution in [3.63, 3.8) is 0 Å². The maximum absolute atomic E-state index is 11.3. The van der Waals surface area contributed by atoms with Crippen LogP contribution in [0.3, 0.4) is 0 Å². The lowest BCUT2D eigenvalue weighted by Gasteiger charge is -2.39. The summed E-state index contributed by atoms with van der Waals surface area (Å²) in [5, 5.41) is 0. The molecular formula is C12H19NO2. The number of hydrogen-bond donors (Lipinski definition) is 0. The Bertz CT molecular complexity index is 279. The zero-order chi connectivity index (χ0) is 10.4. The molecule has 0 amide bonds. The molecule has 3 nitrogen and oxygen atoms in total. The summed E-state index contributed by atoms with van der Waals surface area (Å²) in [6.45, 7) is 3.14. The minimum absolute atomic E-state index is 0.430. The van der Waals surface area contributed by atoms with Crippen molar-refractivity contribution in [2.75, 3.05) is 6.54 Å². The molecule has 84 valence electrons. The maximum atomic E-state index is 11.3. The van der Waals surface area contributed by atoms with Crippen LogP contribution in [0.25, 0.3) is 0 Å². The molecule has 0 aromatic carbocycles. The number of carbonyl (C=O) groups excluding carboxylic acids is 1. The first kappa shape index (κ1) is 9.79. The largest absolute Gasteiger partial charge is 0.373 e. The van der Waals surface area contributed by atoms with Crippen molar-refractivity contribution >= 4 is 5.78 Å². The van der Waals surface area contributed by atoms with Gasteiger partial charge in [-0.05, 0) is 26.2 Å². The molecular weight excluding hydrogens is 190 g/mol. The van der Waals surface area contributed by atoms with Gasteiger partial charge in [0.2, 0.25) is 0 Å². The third-order valence-corrected chi connectivity index (χ3v) is 4.24. The Hall–Kier alpha value is -0.410. The fourth-order valence-corrected chi connectivity index (χ4v) is 3.48. The van der Waals surface area contributed by atoms with Gasteiger partial charge in [0.1, 0.15) is 5.78 Å². The van der Waals surface area contributed by atoms with E-state index in [2.05, 4.69) is 11.8 Å². The molecule has 4 unspecified atom stereocenters. The highest BCUT2D eigenvalue weighted by atomic mass is 16.5. The van der Waals surface area contributed by atoms with Crippen LogP contribution in [0.15, 0.2) is 0 Å². The van der Waals surface area contributed by atoms with Crippen molar-refractivity contribution in [2.45, 2.75) is 63.3 Å². The third-order valence-electron chi connectivity index (χ3n) is 4.24. The van der Waals surface area contributed by atoms with E-state index >= 15 is 0 Å². The number of Topliss-reactive ketones (excluding diaryl/α,β-unsaturated/α-hetero) is 1. The van der Waals surface area contributed by atoms with E-state index in [4.69, 9.17) is 4.74 Å². The number of nitrogens with zero attached hydrogens (tertiary/aromatic N) is 1. The number of hydrogen-bond acceptors (Lipinski definition) is 3. The number of rotatable bonds is 1. The second-order valence-corrected chi connectivity index (χ2v) is 5.26. The van der Waals surface area contributed by atoms with Crippen LogP contribution in [0.4, 0.5) is 0 Å². The molecule has 3 aliphatic rings. The molecule has 0 aliphatic carbocycles. The van der Waals surface area contributed by atoms with E-state index in [0.29, 0.717) is 30.1 Å². The summed E-state index contributed by atoms with van der Waals surface area (Å²) in [6, 6.07) is 1.03. The predicted molar refractivity (Wildman–Crippen MR) is 56.7 cm³/mol. The monoisotopic (exact) mass is 209 g/mol. The van der Waals surface area contributed by atoms with Crippen molar-refractivity contribution in [3.05, 3.63) is 0 Å². The van der Waals surface area contributed by atoms with Gasteiger partial charge in [-0.2, -0.15) is 0 Å². The minimum atomic E-state index is 0.430. The Morgan fingerprint density at radius 2 is 2.27 bits per heavy atom. The third kappa shape index (κ3) is 1.62. The summed E-state index contributed by atoms with van der Waals surface area (Å²) < 4.78 is 5.89. The van der Waals surface area contributed by atoms with Crippen LogP contribution in [0, 0.1) is 0 Å². The molecule has 0 saturated carbocycles. The van der Waals surface area contributed by atoms with E-state index in [0.717, 1.165) is 19.4 Å². The first-order valence-electron chi connectivity index (χ1n) is 6.17. The number of ketones is 1. The van der Waals surface area contributed by atoms with E-state index in [1.807, 2.05) is 0 Å². The van der Waals surface area contributed by atoms with Gasteiger partial charge < -0.3 is 4.74 Å². The fourth-order valence-electron chi connectivity index (χ4n) is 3.48. The average molecular weight is 209 g/mol. The number of fused-ring (bicyclic) bond motifs is 2. The Labute approximate surface area is 90.8 Å². The van der Waals surface area contributed by atoms with E-state index in [1.54, 1.807) is 0 Å². The van der Waals surface area contributed by atoms with E-state index in [9.17, 15) is 4.79 Å². The van der Waals surface area contributed by atoms with E-state index < -0.39 is 0 Å². The molecule has 2 bridgehead atoms. The predicted octanol–water partition coefficient (Wildman–Crippen LogP) is 1.36. The van der Waals surface area contributed by atoms with Crippen molar-refractivity contribution in [1.82, 2.24) is 4.90 Å². The Morgan fingerprint density at radius 1 is 1.40 bits per heavy atom. The first-order chi connectivity index (χ1) is 7.24. The normalized spacial score (nSPS) is 46.3. The molecule has 3 fully saturated rings. The van der Waals surface area contributed by atoms with Gasteiger partial charge in [-0.25, -0.2) is 0 Å². The van der Waals surface area contributed by atoms with Crippen LogP contribution >= 0.6 is 0 Å². The highest BCUT2D eigenvalue weighted by Crippen LogP contribution is 2.38. The lowest BCUT2D eigenvalue weighted by atomic mass is 9.90. The van der Waals surface area contributed by atoms with E-state index in [1.165, 1.54) is 19.3 Å². The summed E-state index contributed by atoms with van der Waals surface area (Å²) in [7, 11) is 0. The molecule has 0 aromatic heterocycles. The van der Waals surface area contributed by atoms with Crippen LogP contribution < -0.4 is 0 Å². The van der Waals surface area contributed by atoms with Crippen LogP contribution in [-0.4, -0.2) is 41.5 Å². The van der Waals surface area contributed by atoms with Gasteiger partial charge in [0.25, 0.3) is 0 Å². The molecule has 0 aromatic rings. The van der Waals surface area contributed by atoms with Gasteiger partial charge in [-0.1, -0.05) is 0 Å². The standard InChI is InChI=1S/C12H19NO2/c1-8-6-9(14)4-5-13(8)11-7-10-2-3-12(11)15-10/h8,10-12H,2-7H2,1H3. The molecule has 3 aliphatic heterocycles. The SMILES string of the molecule is CC1CC(=O)CCN1C1CC2CCC1O2. The molecule has 4 atom stereocenters.